The lowest BCUT2D eigenvalue weighted by atomic mass is 9.97. The Morgan fingerprint density at radius 1 is 1.38 bits per heavy atom. The van der Waals surface area contributed by atoms with Crippen molar-refractivity contribution in [3.63, 3.8) is 0 Å². The lowest BCUT2D eigenvalue weighted by molar-refractivity contribution is -0.195. The number of rotatable bonds is 3. The second-order valence-electron chi connectivity index (χ2n) is 3.71. The largest absolute Gasteiger partial charge is 0.400 e. The third kappa shape index (κ3) is 3.46. The Kier molecular flexibility index (Phi) is 4.42. The van der Waals surface area contributed by atoms with Gasteiger partial charge in [0.25, 0.3) is 0 Å². The van der Waals surface area contributed by atoms with Crippen LogP contribution in [0, 0.1) is 0 Å². The predicted octanol–water partition coefficient (Wildman–Crippen LogP) is -1.48. The molecule has 0 aromatic heterocycles. The predicted molar refractivity (Wildman–Crippen MR) is 51.3 cm³/mol. The molecule has 5 atom stereocenters. The van der Waals surface area contributed by atoms with Crippen molar-refractivity contribution < 1.29 is 33.7 Å². The number of hydrogen-bond donors (Lipinski definition) is 5. The molecular formula is C7H15FNO6P. The van der Waals surface area contributed by atoms with E-state index in [2.05, 4.69) is 0 Å². The number of nitrogens with one attached hydrogen (secondary N) is 1. The highest BCUT2D eigenvalue weighted by Gasteiger charge is 2.43. The summed E-state index contributed by atoms with van der Waals surface area (Å²) in [6, 6.07) is 0. The number of alkyl halides is 1. The molecule has 0 aromatic carbocycles. The summed E-state index contributed by atoms with van der Waals surface area (Å²) in [4.78, 5) is 17.1. The first-order valence-corrected chi connectivity index (χ1v) is 6.30. The lowest BCUT2D eigenvalue weighted by Gasteiger charge is -2.38. The van der Waals surface area contributed by atoms with E-state index in [0.29, 0.717) is 0 Å². The van der Waals surface area contributed by atoms with E-state index in [9.17, 15) is 19.2 Å². The molecule has 0 aliphatic carbocycles. The van der Waals surface area contributed by atoms with Crippen molar-refractivity contribution in [2.75, 3.05) is 6.54 Å². The van der Waals surface area contributed by atoms with Gasteiger partial charge in [0.1, 0.15) is 18.3 Å². The van der Waals surface area contributed by atoms with Gasteiger partial charge in [-0.25, -0.2) is 14.0 Å². The SMILES string of the molecule is CC1OC(CNP(=O)(O)O)C(F)[C@H](O)[C@@H]1O. The summed E-state index contributed by atoms with van der Waals surface area (Å²) in [5, 5.41) is 20.4. The quantitative estimate of drug-likeness (QED) is 0.392. The van der Waals surface area contributed by atoms with Gasteiger partial charge in [0.2, 0.25) is 0 Å². The minimum absolute atomic E-state index is 0.445. The summed E-state index contributed by atoms with van der Waals surface area (Å²) in [7, 11) is -4.45. The fourth-order valence-corrected chi connectivity index (χ4v) is 1.90. The van der Waals surface area contributed by atoms with Crippen LogP contribution in [0.3, 0.4) is 0 Å². The first kappa shape index (κ1) is 14.0. The van der Waals surface area contributed by atoms with Gasteiger partial charge in [-0.05, 0) is 6.92 Å². The van der Waals surface area contributed by atoms with E-state index in [-0.39, 0.29) is 0 Å². The fourth-order valence-electron chi connectivity index (χ4n) is 1.49. The highest BCUT2D eigenvalue weighted by Crippen LogP contribution is 2.30. The summed E-state index contributed by atoms with van der Waals surface area (Å²) >= 11 is 0. The topological polar surface area (TPSA) is 119 Å². The normalized spacial score (nSPS) is 41.0. The first-order chi connectivity index (χ1) is 7.22. The minimum atomic E-state index is -4.45. The van der Waals surface area contributed by atoms with Crippen molar-refractivity contribution in [3.05, 3.63) is 0 Å². The van der Waals surface area contributed by atoms with Gasteiger partial charge in [0.05, 0.1) is 6.10 Å². The molecule has 1 fully saturated rings. The van der Waals surface area contributed by atoms with E-state index in [4.69, 9.17) is 14.5 Å². The molecule has 1 rings (SSSR count). The van der Waals surface area contributed by atoms with Crippen LogP contribution in [0.2, 0.25) is 0 Å². The Morgan fingerprint density at radius 2 is 1.94 bits per heavy atom. The third-order valence-corrected chi connectivity index (χ3v) is 2.99. The van der Waals surface area contributed by atoms with Crippen molar-refractivity contribution in [3.8, 4) is 0 Å². The van der Waals surface area contributed by atoms with E-state index in [1.165, 1.54) is 6.92 Å². The van der Waals surface area contributed by atoms with Gasteiger partial charge in [-0.2, -0.15) is 0 Å². The first-order valence-electron chi connectivity index (χ1n) is 4.68. The van der Waals surface area contributed by atoms with Crippen molar-refractivity contribution in [1.29, 1.82) is 0 Å². The standard InChI is InChI=1S/C7H15FNO6P/c1-3-6(10)7(11)5(8)4(15-3)2-9-16(12,13)14/h3-7,10-11H,2H2,1H3,(H3,9,12,13,14)/t3?,4?,5?,6-,7+/m1/s1. The molecule has 16 heavy (non-hydrogen) atoms. The summed E-state index contributed by atoms with van der Waals surface area (Å²) in [6.07, 6.45) is -6.87. The van der Waals surface area contributed by atoms with Crippen molar-refractivity contribution >= 4 is 7.75 Å². The third-order valence-electron chi connectivity index (χ3n) is 2.40. The van der Waals surface area contributed by atoms with Crippen LogP contribution in [0.5, 0.6) is 0 Å². The van der Waals surface area contributed by atoms with Crippen LogP contribution in [0.4, 0.5) is 4.39 Å². The van der Waals surface area contributed by atoms with Crippen LogP contribution in [-0.4, -0.2) is 57.1 Å². The molecule has 5 N–H and O–H groups in total. The Balaban J connectivity index is 2.57. The van der Waals surface area contributed by atoms with Crippen LogP contribution < -0.4 is 5.09 Å². The molecule has 1 heterocycles. The number of aliphatic hydroxyl groups excluding tert-OH is 2. The Morgan fingerprint density at radius 3 is 2.44 bits per heavy atom. The zero-order valence-corrected chi connectivity index (χ0v) is 9.42. The molecule has 0 spiro atoms. The zero-order chi connectivity index (χ0) is 12.5. The highest BCUT2D eigenvalue weighted by atomic mass is 31.2. The number of aliphatic hydroxyl groups is 2. The Bertz CT molecular complexity index is 286. The van der Waals surface area contributed by atoms with E-state index >= 15 is 0 Å². The van der Waals surface area contributed by atoms with Gasteiger partial charge >= 0.3 is 7.75 Å². The molecule has 0 amide bonds. The van der Waals surface area contributed by atoms with Crippen molar-refractivity contribution in [1.82, 2.24) is 5.09 Å². The maximum atomic E-state index is 13.4. The second kappa shape index (κ2) is 5.05. The number of ether oxygens (including phenoxy) is 1. The molecule has 0 radical (unpaired) electrons. The zero-order valence-electron chi connectivity index (χ0n) is 8.52. The molecule has 0 saturated carbocycles. The summed E-state index contributed by atoms with van der Waals surface area (Å²) < 4.78 is 28.9. The average Bonchev–Trinajstić information content (AvgIpc) is 2.17. The van der Waals surface area contributed by atoms with Crippen LogP contribution in [0.1, 0.15) is 6.92 Å². The molecule has 96 valence electrons. The number of hydrogen-bond acceptors (Lipinski definition) is 4. The molecular weight excluding hydrogens is 244 g/mol. The summed E-state index contributed by atoms with van der Waals surface area (Å²) in [5.41, 5.74) is 0. The van der Waals surface area contributed by atoms with E-state index in [1.807, 2.05) is 0 Å². The Hall–Kier alpha value is -0.0800. The minimum Gasteiger partial charge on any atom is -0.388 e. The lowest BCUT2D eigenvalue weighted by Crippen LogP contribution is -2.57. The molecule has 1 aliphatic heterocycles. The number of halogens is 1. The van der Waals surface area contributed by atoms with Crippen LogP contribution in [0.15, 0.2) is 0 Å². The molecule has 1 saturated heterocycles. The smallest absolute Gasteiger partial charge is 0.388 e. The van der Waals surface area contributed by atoms with Gasteiger partial charge in [-0.1, -0.05) is 0 Å². The molecule has 9 heteroatoms. The average molecular weight is 259 g/mol. The Labute approximate surface area is 91.4 Å². The van der Waals surface area contributed by atoms with E-state index in [0.717, 1.165) is 0 Å². The van der Waals surface area contributed by atoms with Gasteiger partial charge in [-0.3, -0.25) is 0 Å². The molecule has 0 aromatic rings. The maximum Gasteiger partial charge on any atom is 0.400 e. The maximum absolute atomic E-state index is 13.4. The summed E-state index contributed by atoms with van der Waals surface area (Å²) in [6.45, 7) is 0.990. The molecule has 0 bridgehead atoms. The highest BCUT2D eigenvalue weighted by molar-refractivity contribution is 7.49. The molecule has 1 aliphatic rings. The van der Waals surface area contributed by atoms with Crippen LogP contribution >= 0.6 is 7.75 Å². The fraction of sp³-hybridized carbons (Fsp3) is 1.00. The van der Waals surface area contributed by atoms with Gasteiger partial charge in [0, 0.05) is 6.54 Å². The van der Waals surface area contributed by atoms with E-state index in [1.54, 1.807) is 5.09 Å². The second-order valence-corrected chi connectivity index (χ2v) is 5.12. The van der Waals surface area contributed by atoms with Crippen molar-refractivity contribution in [2.24, 2.45) is 0 Å². The van der Waals surface area contributed by atoms with Crippen LogP contribution in [0.25, 0.3) is 0 Å². The van der Waals surface area contributed by atoms with Gasteiger partial charge < -0.3 is 24.7 Å². The monoisotopic (exact) mass is 259 g/mol. The molecule has 7 nitrogen and oxygen atoms in total. The summed E-state index contributed by atoms with van der Waals surface area (Å²) in [5.74, 6) is 0. The van der Waals surface area contributed by atoms with Gasteiger partial charge in [0.15, 0.2) is 6.17 Å². The van der Waals surface area contributed by atoms with Gasteiger partial charge in [-0.15, -0.1) is 0 Å². The van der Waals surface area contributed by atoms with Crippen LogP contribution in [-0.2, 0) is 9.30 Å². The van der Waals surface area contributed by atoms with Crippen molar-refractivity contribution in [2.45, 2.75) is 37.5 Å². The molecule has 3 unspecified atom stereocenters. The van der Waals surface area contributed by atoms with E-state index < -0.39 is 44.9 Å².